The van der Waals surface area contributed by atoms with E-state index >= 15 is 0 Å². The second kappa shape index (κ2) is 7.41. The predicted octanol–water partition coefficient (Wildman–Crippen LogP) is 2.30. The molecule has 0 saturated carbocycles. The number of halogens is 1. The number of hydrogen-bond donors (Lipinski definition) is 1. The third kappa shape index (κ3) is 5.42. The van der Waals surface area contributed by atoms with Crippen LogP contribution in [0.2, 0.25) is 0 Å². The Balaban J connectivity index is 2.48. The normalized spacial score (nSPS) is 11.6. The van der Waals surface area contributed by atoms with Gasteiger partial charge in [-0.1, -0.05) is 15.9 Å². The van der Waals surface area contributed by atoms with Crippen molar-refractivity contribution in [1.29, 1.82) is 0 Å². The molecule has 0 spiro atoms. The fourth-order valence-electron chi connectivity index (χ4n) is 1.22. The van der Waals surface area contributed by atoms with Gasteiger partial charge in [-0.25, -0.2) is 8.42 Å². The van der Waals surface area contributed by atoms with E-state index in [4.69, 9.17) is 5.73 Å². The Hall–Kier alpha value is -0.0400. The molecule has 0 aliphatic carbocycles. The van der Waals surface area contributed by atoms with Gasteiger partial charge in [-0.2, -0.15) is 11.8 Å². The Morgan fingerprint density at radius 2 is 1.82 bits per heavy atom. The largest absolute Gasteiger partial charge is 0.330 e. The van der Waals surface area contributed by atoms with E-state index in [1.165, 1.54) is 0 Å². The standard InChI is InChI=1S/C11H16BrNO2S2/c12-10-2-4-11(5-3-10)17(14,15)9-8-16-7-1-6-13/h2-5H,1,6-9,13H2. The monoisotopic (exact) mass is 337 g/mol. The lowest BCUT2D eigenvalue weighted by molar-refractivity contribution is 0.597. The average molecular weight is 338 g/mol. The van der Waals surface area contributed by atoms with Crippen molar-refractivity contribution in [3.8, 4) is 0 Å². The molecule has 0 aromatic heterocycles. The fourth-order valence-corrected chi connectivity index (χ4v) is 4.19. The Morgan fingerprint density at radius 3 is 2.41 bits per heavy atom. The van der Waals surface area contributed by atoms with Gasteiger partial charge in [-0.3, -0.25) is 0 Å². The zero-order chi connectivity index (χ0) is 12.7. The first-order chi connectivity index (χ1) is 8.06. The molecule has 0 atom stereocenters. The van der Waals surface area contributed by atoms with Crippen LogP contribution in [0.15, 0.2) is 33.6 Å². The molecule has 0 heterocycles. The zero-order valence-electron chi connectivity index (χ0n) is 9.43. The van der Waals surface area contributed by atoms with Crippen LogP contribution in [-0.4, -0.2) is 32.2 Å². The molecule has 0 fully saturated rings. The van der Waals surface area contributed by atoms with Crippen molar-refractivity contribution in [1.82, 2.24) is 0 Å². The maximum absolute atomic E-state index is 11.9. The third-order valence-corrected chi connectivity index (χ3v) is 5.75. The fraction of sp³-hybridized carbons (Fsp3) is 0.455. The minimum atomic E-state index is -3.14. The smallest absolute Gasteiger partial charge is 0.179 e. The van der Waals surface area contributed by atoms with E-state index in [-0.39, 0.29) is 5.75 Å². The SMILES string of the molecule is NCCCSCCS(=O)(=O)c1ccc(Br)cc1. The molecule has 2 N–H and O–H groups in total. The molecule has 17 heavy (non-hydrogen) atoms. The minimum absolute atomic E-state index is 0.184. The quantitative estimate of drug-likeness (QED) is 0.775. The highest BCUT2D eigenvalue weighted by Crippen LogP contribution is 2.17. The van der Waals surface area contributed by atoms with Gasteiger partial charge in [0.15, 0.2) is 9.84 Å². The summed E-state index contributed by atoms with van der Waals surface area (Å²) in [4.78, 5) is 0.389. The summed E-state index contributed by atoms with van der Waals surface area (Å²) >= 11 is 4.92. The molecule has 0 bridgehead atoms. The summed E-state index contributed by atoms with van der Waals surface area (Å²) in [5.74, 6) is 1.73. The molecule has 1 aromatic carbocycles. The highest BCUT2D eigenvalue weighted by molar-refractivity contribution is 9.10. The highest BCUT2D eigenvalue weighted by atomic mass is 79.9. The summed E-state index contributed by atoms with van der Waals surface area (Å²) in [5.41, 5.74) is 5.37. The van der Waals surface area contributed by atoms with Gasteiger partial charge in [0.1, 0.15) is 0 Å². The van der Waals surface area contributed by atoms with Crippen molar-refractivity contribution in [2.24, 2.45) is 5.73 Å². The predicted molar refractivity (Wildman–Crippen MR) is 77.2 cm³/mol. The topological polar surface area (TPSA) is 60.2 Å². The van der Waals surface area contributed by atoms with Gasteiger partial charge in [-0.15, -0.1) is 0 Å². The van der Waals surface area contributed by atoms with Crippen molar-refractivity contribution in [3.05, 3.63) is 28.7 Å². The van der Waals surface area contributed by atoms with Crippen molar-refractivity contribution in [2.45, 2.75) is 11.3 Å². The van der Waals surface area contributed by atoms with Crippen LogP contribution < -0.4 is 5.73 Å². The van der Waals surface area contributed by atoms with E-state index < -0.39 is 9.84 Å². The summed E-state index contributed by atoms with van der Waals surface area (Å²) in [7, 11) is -3.14. The first-order valence-electron chi connectivity index (χ1n) is 5.32. The van der Waals surface area contributed by atoms with E-state index in [0.29, 0.717) is 17.2 Å². The number of rotatable bonds is 7. The Morgan fingerprint density at radius 1 is 1.18 bits per heavy atom. The van der Waals surface area contributed by atoms with Crippen LogP contribution in [0.1, 0.15) is 6.42 Å². The zero-order valence-corrected chi connectivity index (χ0v) is 12.7. The lowest BCUT2D eigenvalue weighted by atomic mass is 10.4. The second-order valence-electron chi connectivity index (χ2n) is 3.53. The van der Waals surface area contributed by atoms with E-state index in [1.54, 1.807) is 36.0 Å². The van der Waals surface area contributed by atoms with Gasteiger partial charge >= 0.3 is 0 Å². The second-order valence-corrected chi connectivity index (χ2v) is 7.78. The molecular formula is C11H16BrNO2S2. The van der Waals surface area contributed by atoms with E-state index in [2.05, 4.69) is 15.9 Å². The minimum Gasteiger partial charge on any atom is -0.330 e. The summed E-state index contributed by atoms with van der Waals surface area (Å²) in [5, 5.41) is 0. The number of hydrogen-bond acceptors (Lipinski definition) is 4. The van der Waals surface area contributed by atoms with Crippen LogP contribution in [0.3, 0.4) is 0 Å². The molecule has 0 aliphatic rings. The van der Waals surface area contributed by atoms with E-state index in [9.17, 15) is 8.42 Å². The molecule has 0 unspecified atom stereocenters. The molecule has 3 nitrogen and oxygen atoms in total. The molecule has 0 aliphatic heterocycles. The number of thioether (sulfide) groups is 1. The lowest BCUT2D eigenvalue weighted by Crippen LogP contribution is -2.09. The van der Waals surface area contributed by atoms with Gasteiger partial charge in [0.25, 0.3) is 0 Å². The van der Waals surface area contributed by atoms with Crippen LogP contribution >= 0.6 is 27.7 Å². The van der Waals surface area contributed by atoms with Crippen LogP contribution in [0.5, 0.6) is 0 Å². The van der Waals surface area contributed by atoms with Gasteiger partial charge in [0.05, 0.1) is 10.6 Å². The van der Waals surface area contributed by atoms with Crippen molar-refractivity contribution < 1.29 is 8.42 Å². The molecule has 0 radical (unpaired) electrons. The van der Waals surface area contributed by atoms with Gasteiger partial charge in [-0.05, 0) is 43.0 Å². The van der Waals surface area contributed by atoms with Crippen molar-refractivity contribution in [2.75, 3.05) is 23.8 Å². The molecule has 96 valence electrons. The Labute approximate surface area is 115 Å². The molecule has 6 heteroatoms. The van der Waals surface area contributed by atoms with E-state index in [0.717, 1.165) is 16.6 Å². The van der Waals surface area contributed by atoms with Crippen molar-refractivity contribution >= 4 is 37.5 Å². The number of benzene rings is 1. The maximum atomic E-state index is 11.9. The number of nitrogens with two attached hydrogens (primary N) is 1. The summed E-state index contributed by atoms with van der Waals surface area (Å²) in [6.07, 6.45) is 0.934. The van der Waals surface area contributed by atoms with Gasteiger partial charge in [0.2, 0.25) is 0 Å². The Kier molecular flexibility index (Phi) is 6.54. The molecule has 0 saturated heterocycles. The third-order valence-electron chi connectivity index (χ3n) is 2.16. The lowest BCUT2D eigenvalue weighted by Gasteiger charge is -2.04. The van der Waals surface area contributed by atoms with Crippen LogP contribution in [0.4, 0.5) is 0 Å². The van der Waals surface area contributed by atoms with Gasteiger partial charge < -0.3 is 5.73 Å². The average Bonchev–Trinajstić information content (AvgIpc) is 2.29. The molecule has 1 rings (SSSR count). The molecular weight excluding hydrogens is 322 g/mol. The summed E-state index contributed by atoms with van der Waals surface area (Å²) in [6.45, 7) is 0.659. The van der Waals surface area contributed by atoms with Crippen LogP contribution in [0, 0.1) is 0 Å². The van der Waals surface area contributed by atoms with Crippen LogP contribution in [0.25, 0.3) is 0 Å². The van der Waals surface area contributed by atoms with Gasteiger partial charge in [0, 0.05) is 10.2 Å². The summed E-state index contributed by atoms with van der Waals surface area (Å²) < 4.78 is 24.7. The highest BCUT2D eigenvalue weighted by Gasteiger charge is 2.13. The van der Waals surface area contributed by atoms with Crippen LogP contribution in [-0.2, 0) is 9.84 Å². The first-order valence-corrected chi connectivity index (χ1v) is 8.92. The maximum Gasteiger partial charge on any atom is 0.179 e. The summed E-state index contributed by atoms with van der Waals surface area (Å²) in [6, 6.07) is 6.75. The number of sulfone groups is 1. The molecule has 0 amide bonds. The van der Waals surface area contributed by atoms with E-state index in [1.807, 2.05) is 0 Å². The van der Waals surface area contributed by atoms with Crippen molar-refractivity contribution in [3.63, 3.8) is 0 Å². The Bertz CT molecular complexity index is 431. The molecule has 1 aromatic rings. The first kappa shape index (κ1) is 15.0.